The molecule has 4 rings (SSSR count). The third-order valence-corrected chi connectivity index (χ3v) is 5.87. The van der Waals surface area contributed by atoms with Gasteiger partial charge in [0.2, 0.25) is 5.16 Å². The molecule has 3 aromatic heterocycles. The van der Waals surface area contributed by atoms with Gasteiger partial charge in [0.1, 0.15) is 5.01 Å². The number of hydrogen-bond donors (Lipinski definition) is 0. The van der Waals surface area contributed by atoms with Gasteiger partial charge in [0.05, 0.1) is 15.5 Å². The SMILES string of the molecule is Cc1cc(C)n2nc(S[C@@H](C)c3nc4ccccc4s3)nc2n1. The Morgan fingerprint density at radius 2 is 1.96 bits per heavy atom. The van der Waals surface area contributed by atoms with Crippen LogP contribution in [0, 0.1) is 13.8 Å². The summed E-state index contributed by atoms with van der Waals surface area (Å²) in [5.74, 6) is 0.654. The lowest BCUT2D eigenvalue weighted by molar-refractivity contribution is 0.840. The summed E-state index contributed by atoms with van der Waals surface area (Å²) in [4.78, 5) is 13.7. The Morgan fingerprint density at radius 3 is 2.78 bits per heavy atom. The van der Waals surface area contributed by atoms with Gasteiger partial charge in [-0.1, -0.05) is 23.9 Å². The topological polar surface area (TPSA) is 56.0 Å². The molecular weight excluding hydrogens is 326 g/mol. The van der Waals surface area contributed by atoms with E-state index in [0.29, 0.717) is 5.78 Å². The quantitative estimate of drug-likeness (QED) is 0.523. The normalized spacial score (nSPS) is 13.0. The van der Waals surface area contributed by atoms with Crippen LogP contribution in [0.5, 0.6) is 0 Å². The van der Waals surface area contributed by atoms with Crippen LogP contribution in [0.2, 0.25) is 0 Å². The van der Waals surface area contributed by atoms with E-state index < -0.39 is 0 Å². The predicted octanol–water partition coefficient (Wildman–Crippen LogP) is 4.20. The number of thiazole rings is 1. The second kappa shape index (κ2) is 5.58. The van der Waals surface area contributed by atoms with Crippen LogP contribution in [0.3, 0.4) is 0 Å². The molecule has 0 aliphatic heterocycles. The van der Waals surface area contributed by atoms with Gasteiger partial charge in [-0.2, -0.15) is 4.98 Å². The van der Waals surface area contributed by atoms with Gasteiger partial charge in [-0.3, -0.25) is 0 Å². The van der Waals surface area contributed by atoms with E-state index in [0.717, 1.165) is 27.1 Å². The summed E-state index contributed by atoms with van der Waals surface area (Å²) in [6.07, 6.45) is 0. The van der Waals surface area contributed by atoms with Crippen molar-refractivity contribution in [1.29, 1.82) is 0 Å². The van der Waals surface area contributed by atoms with Crippen molar-refractivity contribution in [3.05, 3.63) is 46.7 Å². The number of hydrogen-bond acceptors (Lipinski definition) is 6. The third-order valence-electron chi connectivity index (χ3n) is 3.54. The molecule has 5 nitrogen and oxygen atoms in total. The Labute approximate surface area is 141 Å². The average molecular weight is 341 g/mol. The van der Waals surface area contributed by atoms with Crippen LogP contribution < -0.4 is 0 Å². The standard InChI is InChI=1S/C16H15N5S2/c1-9-8-10(2)21-15(17-9)19-16(20-21)22-11(3)14-18-12-6-4-5-7-13(12)23-14/h4-8,11H,1-3H3/t11-/m0/s1. The highest BCUT2D eigenvalue weighted by Crippen LogP contribution is 2.37. The molecule has 0 N–H and O–H groups in total. The highest BCUT2D eigenvalue weighted by atomic mass is 32.2. The monoisotopic (exact) mass is 341 g/mol. The Balaban J connectivity index is 1.65. The summed E-state index contributed by atoms with van der Waals surface area (Å²) < 4.78 is 3.01. The van der Waals surface area contributed by atoms with Gasteiger partial charge in [0.25, 0.3) is 5.78 Å². The first kappa shape index (κ1) is 14.6. The molecule has 116 valence electrons. The highest BCUT2D eigenvalue weighted by molar-refractivity contribution is 7.99. The summed E-state index contributed by atoms with van der Waals surface area (Å²) in [5.41, 5.74) is 3.05. The third kappa shape index (κ3) is 2.70. The molecule has 0 saturated heterocycles. The van der Waals surface area contributed by atoms with Crippen molar-refractivity contribution in [2.45, 2.75) is 31.2 Å². The van der Waals surface area contributed by atoms with Crippen LogP contribution in [0.15, 0.2) is 35.5 Å². The molecule has 3 heterocycles. The minimum atomic E-state index is 0.200. The summed E-state index contributed by atoms with van der Waals surface area (Å²) in [6.45, 7) is 6.12. The maximum Gasteiger partial charge on any atom is 0.253 e. The number of thioether (sulfide) groups is 1. The molecule has 0 unspecified atom stereocenters. The number of benzene rings is 1. The van der Waals surface area contributed by atoms with Gasteiger partial charge in [-0.15, -0.1) is 16.4 Å². The molecule has 0 saturated carbocycles. The number of para-hydroxylation sites is 1. The number of aryl methyl sites for hydroxylation is 2. The van der Waals surface area contributed by atoms with Gasteiger partial charge < -0.3 is 0 Å². The van der Waals surface area contributed by atoms with Crippen molar-refractivity contribution in [1.82, 2.24) is 24.6 Å². The second-order valence-corrected chi connectivity index (χ2v) is 7.80. The number of rotatable bonds is 3. The Hall–Kier alpha value is -1.99. The molecule has 0 radical (unpaired) electrons. The van der Waals surface area contributed by atoms with E-state index in [2.05, 4.69) is 28.1 Å². The van der Waals surface area contributed by atoms with E-state index in [1.54, 1.807) is 27.6 Å². The van der Waals surface area contributed by atoms with E-state index in [-0.39, 0.29) is 5.25 Å². The van der Waals surface area contributed by atoms with Crippen molar-refractivity contribution >= 4 is 39.1 Å². The van der Waals surface area contributed by atoms with E-state index in [1.807, 2.05) is 38.1 Å². The first-order valence-electron chi connectivity index (χ1n) is 7.33. The van der Waals surface area contributed by atoms with Gasteiger partial charge in [0, 0.05) is 11.4 Å². The fourth-order valence-electron chi connectivity index (χ4n) is 2.47. The minimum Gasteiger partial charge on any atom is -0.240 e. The van der Waals surface area contributed by atoms with Crippen molar-refractivity contribution in [3.8, 4) is 0 Å². The highest BCUT2D eigenvalue weighted by Gasteiger charge is 2.16. The van der Waals surface area contributed by atoms with Gasteiger partial charge in [-0.05, 0) is 39.0 Å². The fourth-order valence-corrected chi connectivity index (χ4v) is 4.39. The van der Waals surface area contributed by atoms with Crippen molar-refractivity contribution in [3.63, 3.8) is 0 Å². The molecule has 0 bridgehead atoms. The van der Waals surface area contributed by atoms with Gasteiger partial charge >= 0.3 is 0 Å². The van der Waals surface area contributed by atoms with Gasteiger partial charge in [0.15, 0.2) is 0 Å². The molecular formula is C16H15N5S2. The Bertz CT molecular complexity index is 971. The van der Waals surface area contributed by atoms with Crippen LogP contribution in [0.4, 0.5) is 0 Å². The predicted molar refractivity (Wildman–Crippen MR) is 94.1 cm³/mol. The molecule has 1 aromatic carbocycles. The van der Waals surface area contributed by atoms with Crippen molar-refractivity contribution < 1.29 is 0 Å². The largest absolute Gasteiger partial charge is 0.253 e. The molecule has 23 heavy (non-hydrogen) atoms. The molecule has 1 atom stereocenters. The summed E-state index contributed by atoms with van der Waals surface area (Å²) >= 11 is 3.34. The van der Waals surface area contributed by atoms with Crippen LogP contribution in [0.25, 0.3) is 16.0 Å². The smallest absolute Gasteiger partial charge is 0.240 e. The second-order valence-electron chi connectivity index (χ2n) is 5.42. The molecule has 7 heteroatoms. The van der Waals surface area contributed by atoms with Gasteiger partial charge in [-0.25, -0.2) is 14.5 Å². The number of nitrogens with zero attached hydrogens (tertiary/aromatic N) is 5. The summed E-state index contributed by atoms with van der Waals surface area (Å²) in [6, 6.07) is 10.2. The van der Waals surface area contributed by atoms with Crippen molar-refractivity contribution in [2.75, 3.05) is 0 Å². The minimum absolute atomic E-state index is 0.200. The van der Waals surface area contributed by atoms with Crippen LogP contribution in [-0.2, 0) is 0 Å². The zero-order valence-electron chi connectivity index (χ0n) is 13.0. The Kier molecular flexibility index (Phi) is 3.54. The molecule has 0 spiro atoms. The van der Waals surface area contributed by atoms with E-state index in [9.17, 15) is 0 Å². The maximum atomic E-state index is 4.71. The van der Waals surface area contributed by atoms with Crippen LogP contribution in [-0.4, -0.2) is 24.6 Å². The maximum absolute atomic E-state index is 4.71. The lowest BCUT2D eigenvalue weighted by atomic mass is 10.3. The molecule has 0 fully saturated rings. The van der Waals surface area contributed by atoms with Crippen LogP contribution in [0.1, 0.15) is 28.6 Å². The van der Waals surface area contributed by atoms with Crippen molar-refractivity contribution in [2.24, 2.45) is 0 Å². The van der Waals surface area contributed by atoms with E-state index in [1.165, 1.54) is 4.70 Å². The molecule has 0 aliphatic rings. The Morgan fingerprint density at radius 1 is 1.13 bits per heavy atom. The average Bonchev–Trinajstić information content (AvgIpc) is 3.10. The van der Waals surface area contributed by atoms with E-state index >= 15 is 0 Å². The first-order chi connectivity index (χ1) is 11.1. The number of aromatic nitrogens is 5. The molecule has 4 aromatic rings. The zero-order chi connectivity index (χ0) is 16.0. The van der Waals surface area contributed by atoms with Crippen LogP contribution >= 0.6 is 23.1 Å². The fraction of sp³-hybridized carbons (Fsp3) is 0.250. The molecule has 0 aliphatic carbocycles. The summed E-state index contributed by atoms with van der Waals surface area (Å²) in [7, 11) is 0. The first-order valence-corrected chi connectivity index (χ1v) is 9.03. The lowest BCUT2D eigenvalue weighted by Gasteiger charge is -2.03. The van der Waals surface area contributed by atoms with E-state index in [4.69, 9.17) is 4.98 Å². The zero-order valence-corrected chi connectivity index (χ0v) is 14.6. The molecule has 0 amide bonds. The summed E-state index contributed by atoms with van der Waals surface area (Å²) in [5, 5.41) is 6.58. The lowest BCUT2D eigenvalue weighted by Crippen LogP contribution is -1.97. The number of fused-ring (bicyclic) bond motifs is 2.